The van der Waals surface area contributed by atoms with Gasteiger partial charge in [-0.25, -0.2) is 4.98 Å². The van der Waals surface area contributed by atoms with Crippen LogP contribution in [-0.2, 0) is 11.2 Å². The van der Waals surface area contributed by atoms with E-state index in [2.05, 4.69) is 27.5 Å². The van der Waals surface area contributed by atoms with E-state index in [9.17, 15) is 5.26 Å². The second kappa shape index (κ2) is 10.4. The van der Waals surface area contributed by atoms with Gasteiger partial charge in [0.15, 0.2) is 0 Å². The highest BCUT2D eigenvalue weighted by atomic mass is 16.5. The number of aliphatic imine (C=N–C) groups is 1. The van der Waals surface area contributed by atoms with Gasteiger partial charge in [0, 0.05) is 42.8 Å². The van der Waals surface area contributed by atoms with Gasteiger partial charge in [-0.3, -0.25) is 4.99 Å². The predicted octanol–water partition coefficient (Wildman–Crippen LogP) is 5.02. The van der Waals surface area contributed by atoms with Crippen LogP contribution in [0.2, 0.25) is 0 Å². The van der Waals surface area contributed by atoms with E-state index in [1.165, 1.54) is 0 Å². The minimum absolute atomic E-state index is 0.160. The molecule has 3 rings (SSSR count). The Morgan fingerprint density at radius 1 is 1.27 bits per heavy atom. The first-order chi connectivity index (χ1) is 14.5. The SMILES string of the molecule is CC.CCC(=NC)C1=C(C)OC(N)=C(C#N)C1c1ccc(-n2ccnc2CC)cc1. The van der Waals surface area contributed by atoms with Gasteiger partial charge in [0.2, 0.25) is 5.88 Å². The van der Waals surface area contributed by atoms with Crippen LogP contribution in [0.3, 0.4) is 0 Å². The van der Waals surface area contributed by atoms with Crippen molar-refractivity contribution in [3.05, 3.63) is 70.8 Å². The van der Waals surface area contributed by atoms with Gasteiger partial charge in [-0.2, -0.15) is 5.26 Å². The fraction of sp³-hybridized carbons (Fsp3) is 0.375. The molecule has 2 N–H and O–H groups in total. The second-order valence-electron chi connectivity index (χ2n) is 6.58. The zero-order chi connectivity index (χ0) is 22.3. The average molecular weight is 406 g/mol. The lowest BCUT2D eigenvalue weighted by molar-refractivity contribution is 0.283. The lowest BCUT2D eigenvalue weighted by Gasteiger charge is -2.29. The van der Waals surface area contributed by atoms with E-state index in [4.69, 9.17) is 10.5 Å². The van der Waals surface area contributed by atoms with Crippen LogP contribution >= 0.6 is 0 Å². The van der Waals surface area contributed by atoms with Gasteiger partial charge in [0.1, 0.15) is 23.2 Å². The number of rotatable bonds is 5. The molecule has 0 aliphatic carbocycles. The van der Waals surface area contributed by atoms with E-state index in [0.717, 1.165) is 41.2 Å². The van der Waals surface area contributed by atoms with Crippen LogP contribution < -0.4 is 5.73 Å². The highest BCUT2D eigenvalue weighted by Gasteiger charge is 2.33. The summed E-state index contributed by atoms with van der Waals surface area (Å²) in [6.07, 6.45) is 5.35. The molecule has 1 aliphatic rings. The van der Waals surface area contributed by atoms with Crippen LogP contribution in [0.15, 0.2) is 64.4 Å². The summed E-state index contributed by atoms with van der Waals surface area (Å²) in [7, 11) is 1.76. The Kier molecular flexibility index (Phi) is 7.99. The molecule has 6 heteroatoms. The number of nitrogens with two attached hydrogens (primary N) is 1. The first-order valence-corrected chi connectivity index (χ1v) is 10.4. The third-order valence-corrected chi connectivity index (χ3v) is 5.06. The summed E-state index contributed by atoms with van der Waals surface area (Å²) >= 11 is 0. The van der Waals surface area contributed by atoms with Crippen LogP contribution in [0.5, 0.6) is 0 Å². The van der Waals surface area contributed by atoms with Crippen LogP contribution in [0.25, 0.3) is 5.69 Å². The van der Waals surface area contributed by atoms with Crippen molar-refractivity contribution in [2.75, 3.05) is 7.05 Å². The Morgan fingerprint density at radius 3 is 2.47 bits per heavy atom. The van der Waals surface area contributed by atoms with Gasteiger partial charge in [-0.05, 0) is 31.0 Å². The normalized spacial score (nSPS) is 16.6. The Morgan fingerprint density at radius 2 is 1.93 bits per heavy atom. The summed E-state index contributed by atoms with van der Waals surface area (Å²) in [6.45, 7) is 10.00. The maximum atomic E-state index is 9.75. The van der Waals surface area contributed by atoms with Crippen LogP contribution in [0.4, 0.5) is 0 Å². The fourth-order valence-corrected chi connectivity index (χ4v) is 3.71. The third kappa shape index (κ3) is 4.30. The molecule has 2 aromatic rings. The molecular weight excluding hydrogens is 374 g/mol. The largest absolute Gasteiger partial charge is 0.445 e. The number of aromatic nitrogens is 2. The first kappa shape index (κ1) is 23.0. The molecule has 1 aromatic carbocycles. The summed E-state index contributed by atoms with van der Waals surface area (Å²) in [5.41, 5.74) is 10.3. The van der Waals surface area contributed by atoms with Crippen molar-refractivity contribution in [2.45, 2.75) is 53.4 Å². The molecule has 30 heavy (non-hydrogen) atoms. The molecule has 0 saturated carbocycles. The van der Waals surface area contributed by atoms with E-state index in [-0.39, 0.29) is 11.8 Å². The van der Waals surface area contributed by atoms with E-state index < -0.39 is 0 Å². The Bertz CT molecular complexity index is 1000. The minimum Gasteiger partial charge on any atom is -0.445 e. The van der Waals surface area contributed by atoms with Crippen molar-refractivity contribution < 1.29 is 4.74 Å². The number of nitriles is 1. The zero-order valence-electron chi connectivity index (χ0n) is 18.7. The molecule has 0 spiro atoms. The van der Waals surface area contributed by atoms with Gasteiger partial charge in [0.25, 0.3) is 0 Å². The lowest BCUT2D eigenvalue weighted by Crippen LogP contribution is -2.24. The molecule has 1 atom stereocenters. The standard InChI is InChI=1S/C22H25N5O.C2H6/c1-5-18(25-4)20-14(3)28-22(24)17(13-23)21(20)15-7-9-16(10-8-15)27-12-11-26-19(27)6-2;1-2/h7-12,21H,5-6,24H2,1-4H3;1-2H3. The molecule has 0 amide bonds. The quantitative estimate of drug-likeness (QED) is 0.707. The number of imidazole rings is 1. The molecule has 6 nitrogen and oxygen atoms in total. The summed E-state index contributed by atoms with van der Waals surface area (Å²) in [5.74, 6) is 1.56. The summed E-state index contributed by atoms with van der Waals surface area (Å²) in [6, 6.07) is 10.4. The molecule has 1 aromatic heterocycles. The number of nitrogens with zero attached hydrogens (tertiary/aromatic N) is 4. The molecule has 0 radical (unpaired) electrons. The Hall–Kier alpha value is -3.33. The van der Waals surface area contributed by atoms with E-state index in [1.807, 2.05) is 58.2 Å². The second-order valence-corrected chi connectivity index (χ2v) is 6.58. The van der Waals surface area contributed by atoms with Gasteiger partial charge in [-0.1, -0.05) is 39.8 Å². The van der Waals surface area contributed by atoms with Crippen LogP contribution in [0.1, 0.15) is 58.3 Å². The third-order valence-electron chi connectivity index (χ3n) is 5.06. The van der Waals surface area contributed by atoms with Crippen molar-refractivity contribution in [3.63, 3.8) is 0 Å². The van der Waals surface area contributed by atoms with Gasteiger partial charge < -0.3 is 15.0 Å². The molecule has 0 fully saturated rings. The van der Waals surface area contributed by atoms with E-state index >= 15 is 0 Å². The molecule has 1 unspecified atom stereocenters. The van der Waals surface area contributed by atoms with E-state index in [1.54, 1.807) is 13.2 Å². The summed E-state index contributed by atoms with van der Waals surface area (Å²) in [4.78, 5) is 8.81. The predicted molar refractivity (Wildman–Crippen MR) is 121 cm³/mol. The minimum atomic E-state index is -0.292. The molecule has 2 heterocycles. The topological polar surface area (TPSA) is 89.2 Å². The number of ether oxygens (including phenoxy) is 1. The number of benzene rings is 1. The maximum absolute atomic E-state index is 9.75. The molecule has 0 saturated heterocycles. The van der Waals surface area contributed by atoms with Crippen LogP contribution in [0, 0.1) is 11.3 Å². The number of hydrogen-bond donors (Lipinski definition) is 1. The van der Waals surface area contributed by atoms with Gasteiger partial charge in [0.05, 0.1) is 5.92 Å². The van der Waals surface area contributed by atoms with Gasteiger partial charge in [-0.15, -0.1) is 0 Å². The van der Waals surface area contributed by atoms with Crippen molar-refractivity contribution in [1.82, 2.24) is 9.55 Å². The Balaban J connectivity index is 0.00000155. The molecular formula is C24H31N5O. The Labute approximate surface area is 179 Å². The molecule has 1 aliphatic heterocycles. The first-order valence-electron chi connectivity index (χ1n) is 10.4. The molecule has 158 valence electrons. The smallest absolute Gasteiger partial charge is 0.205 e. The van der Waals surface area contributed by atoms with Crippen molar-refractivity contribution in [1.29, 1.82) is 5.26 Å². The van der Waals surface area contributed by atoms with Gasteiger partial charge >= 0.3 is 0 Å². The van der Waals surface area contributed by atoms with Crippen LogP contribution in [-0.4, -0.2) is 22.3 Å². The average Bonchev–Trinajstić information content (AvgIpc) is 3.26. The number of allylic oxidation sites excluding steroid dienone is 3. The van der Waals surface area contributed by atoms with E-state index in [0.29, 0.717) is 11.3 Å². The lowest BCUT2D eigenvalue weighted by atomic mass is 9.80. The van der Waals surface area contributed by atoms with Crippen molar-refractivity contribution in [3.8, 4) is 11.8 Å². The number of aryl methyl sites for hydroxylation is 1. The highest BCUT2D eigenvalue weighted by Crippen LogP contribution is 2.40. The monoisotopic (exact) mass is 405 g/mol. The highest BCUT2D eigenvalue weighted by molar-refractivity contribution is 6.02. The molecule has 0 bridgehead atoms. The fourth-order valence-electron chi connectivity index (χ4n) is 3.71. The maximum Gasteiger partial charge on any atom is 0.205 e. The summed E-state index contributed by atoms with van der Waals surface area (Å²) in [5, 5.41) is 9.75. The van der Waals surface area contributed by atoms with Crippen molar-refractivity contribution >= 4 is 5.71 Å². The number of hydrogen-bond acceptors (Lipinski definition) is 5. The zero-order valence-corrected chi connectivity index (χ0v) is 18.7. The summed E-state index contributed by atoms with van der Waals surface area (Å²) < 4.78 is 7.74. The van der Waals surface area contributed by atoms with Crippen molar-refractivity contribution in [2.24, 2.45) is 10.7 Å².